The molecule has 0 radical (unpaired) electrons. The number of hydrogen-bond donors (Lipinski definition) is 1. The molecule has 1 aliphatic carbocycles. The normalized spacial score (nSPS) is 14.6. The monoisotopic (exact) mass is 400 g/mol. The van der Waals surface area contributed by atoms with Crippen LogP contribution in [0.3, 0.4) is 0 Å². The Labute approximate surface area is 165 Å². The van der Waals surface area contributed by atoms with Crippen LogP contribution in [0.4, 0.5) is 19.1 Å². The second kappa shape index (κ2) is 7.35. The van der Waals surface area contributed by atoms with Gasteiger partial charge in [-0.15, -0.1) is 0 Å². The molecule has 4 rings (SSSR count). The molecule has 1 saturated carbocycles. The lowest BCUT2D eigenvalue weighted by Gasteiger charge is -2.28. The molecule has 0 unspecified atom stereocenters. The van der Waals surface area contributed by atoms with Crippen molar-refractivity contribution in [2.24, 2.45) is 0 Å². The minimum Gasteiger partial charge on any atom is -0.296 e. The number of rotatable bonds is 5. The van der Waals surface area contributed by atoms with Crippen molar-refractivity contribution in [2.45, 2.75) is 37.9 Å². The van der Waals surface area contributed by atoms with E-state index in [4.69, 9.17) is 0 Å². The van der Waals surface area contributed by atoms with Crippen molar-refractivity contribution < 1.29 is 18.0 Å². The quantitative estimate of drug-likeness (QED) is 0.639. The van der Waals surface area contributed by atoms with Gasteiger partial charge in [0.15, 0.2) is 5.65 Å². The van der Waals surface area contributed by atoms with Gasteiger partial charge < -0.3 is 0 Å². The Morgan fingerprint density at radius 1 is 1.14 bits per heavy atom. The van der Waals surface area contributed by atoms with Crippen LogP contribution < -0.4 is 5.32 Å². The van der Waals surface area contributed by atoms with Gasteiger partial charge >= 0.3 is 6.18 Å². The van der Waals surface area contributed by atoms with E-state index in [1.807, 2.05) is 30.3 Å². The SMILES string of the molecule is C=C(CC(=O)Nc1nc2ccc(C(F)(F)F)nc2n1C1CCC1)c1ccccc1. The summed E-state index contributed by atoms with van der Waals surface area (Å²) in [5, 5.41) is 2.74. The third-order valence-corrected chi connectivity index (χ3v) is 5.07. The topological polar surface area (TPSA) is 59.8 Å². The van der Waals surface area contributed by atoms with E-state index in [1.165, 1.54) is 6.07 Å². The highest BCUT2D eigenvalue weighted by atomic mass is 19.4. The fourth-order valence-electron chi connectivity index (χ4n) is 3.35. The Kier molecular flexibility index (Phi) is 4.86. The van der Waals surface area contributed by atoms with Crippen molar-refractivity contribution in [3.63, 3.8) is 0 Å². The lowest BCUT2D eigenvalue weighted by atomic mass is 9.93. The number of imidazole rings is 1. The summed E-state index contributed by atoms with van der Waals surface area (Å²) in [5.41, 5.74) is 0.989. The van der Waals surface area contributed by atoms with Gasteiger partial charge in [0.05, 0.1) is 6.42 Å². The molecule has 0 spiro atoms. The summed E-state index contributed by atoms with van der Waals surface area (Å²) in [6.45, 7) is 3.95. The molecule has 5 nitrogen and oxygen atoms in total. The van der Waals surface area contributed by atoms with Crippen LogP contribution in [-0.2, 0) is 11.0 Å². The molecule has 1 amide bonds. The van der Waals surface area contributed by atoms with Crippen molar-refractivity contribution in [3.05, 3.63) is 60.3 Å². The van der Waals surface area contributed by atoms with Gasteiger partial charge in [0.25, 0.3) is 0 Å². The summed E-state index contributed by atoms with van der Waals surface area (Å²) in [6, 6.07) is 11.5. The van der Waals surface area contributed by atoms with Crippen LogP contribution >= 0.6 is 0 Å². The first-order valence-corrected chi connectivity index (χ1v) is 9.32. The largest absolute Gasteiger partial charge is 0.433 e. The summed E-state index contributed by atoms with van der Waals surface area (Å²) in [4.78, 5) is 20.7. The van der Waals surface area contributed by atoms with Crippen molar-refractivity contribution in [3.8, 4) is 0 Å². The van der Waals surface area contributed by atoms with Gasteiger partial charge in [0, 0.05) is 6.04 Å². The third kappa shape index (κ3) is 3.87. The van der Waals surface area contributed by atoms with E-state index < -0.39 is 11.9 Å². The summed E-state index contributed by atoms with van der Waals surface area (Å²) in [5.74, 6) is -0.104. The second-order valence-electron chi connectivity index (χ2n) is 7.12. The Morgan fingerprint density at radius 2 is 1.86 bits per heavy atom. The number of benzene rings is 1. The number of carbonyl (C=O) groups excluding carboxylic acids is 1. The Hall–Kier alpha value is -3.16. The molecule has 29 heavy (non-hydrogen) atoms. The fourth-order valence-corrected chi connectivity index (χ4v) is 3.35. The summed E-state index contributed by atoms with van der Waals surface area (Å²) in [6.07, 6.45) is -1.90. The zero-order valence-electron chi connectivity index (χ0n) is 15.5. The molecule has 8 heteroatoms. The molecule has 0 saturated heterocycles. The highest BCUT2D eigenvalue weighted by molar-refractivity contribution is 5.97. The van der Waals surface area contributed by atoms with E-state index in [-0.39, 0.29) is 30.0 Å². The average Bonchev–Trinajstić information content (AvgIpc) is 2.97. The lowest BCUT2D eigenvalue weighted by Crippen LogP contribution is -2.22. The smallest absolute Gasteiger partial charge is 0.296 e. The van der Waals surface area contributed by atoms with Crippen LogP contribution in [-0.4, -0.2) is 20.4 Å². The number of nitrogens with one attached hydrogen (secondary N) is 1. The molecule has 1 fully saturated rings. The van der Waals surface area contributed by atoms with E-state index in [9.17, 15) is 18.0 Å². The first-order chi connectivity index (χ1) is 13.8. The van der Waals surface area contributed by atoms with Gasteiger partial charge in [0.1, 0.15) is 11.2 Å². The fraction of sp³-hybridized carbons (Fsp3) is 0.286. The van der Waals surface area contributed by atoms with Crippen molar-refractivity contribution in [1.82, 2.24) is 14.5 Å². The summed E-state index contributed by atoms with van der Waals surface area (Å²) >= 11 is 0. The zero-order chi connectivity index (χ0) is 20.6. The number of pyridine rings is 1. The van der Waals surface area contributed by atoms with Crippen molar-refractivity contribution in [2.75, 3.05) is 5.32 Å². The lowest BCUT2D eigenvalue weighted by molar-refractivity contribution is -0.141. The molecule has 3 aromatic rings. The number of hydrogen-bond acceptors (Lipinski definition) is 3. The molecule has 150 valence electrons. The van der Waals surface area contributed by atoms with E-state index >= 15 is 0 Å². The van der Waals surface area contributed by atoms with Gasteiger partial charge in [-0.05, 0) is 42.5 Å². The highest BCUT2D eigenvalue weighted by Crippen LogP contribution is 2.38. The first-order valence-electron chi connectivity index (χ1n) is 9.32. The first kappa shape index (κ1) is 19.2. The number of carbonyl (C=O) groups is 1. The maximum absolute atomic E-state index is 13.1. The average molecular weight is 400 g/mol. The molecular weight excluding hydrogens is 381 g/mol. The van der Waals surface area contributed by atoms with Gasteiger partial charge in [-0.25, -0.2) is 9.97 Å². The van der Waals surface area contributed by atoms with Crippen LogP contribution in [0.2, 0.25) is 0 Å². The standard InChI is InChI=1S/C21H19F3N4O/c1-13(14-6-3-2-4-7-14)12-18(29)27-20-25-16-10-11-17(21(22,23)24)26-19(16)28(20)15-8-5-9-15/h2-4,6-7,10-11,15H,1,5,8-9,12H2,(H,25,27,29). The van der Waals surface area contributed by atoms with E-state index in [0.29, 0.717) is 11.1 Å². The predicted molar refractivity (Wildman–Crippen MR) is 104 cm³/mol. The molecule has 0 aliphatic heterocycles. The summed E-state index contributed by atoms with van der Waals surface area (Å²) < 4.78 is 40.9. The Bertz CT molecular complexity index is 1070. The van der Waals surface area contributed by atoms with E-state index in [0.717, 1.165) is 30.9 Å². The number of nitrogens with zero attached hydrogens (tertiary/aromatic N) is 3. The van der Waals surface area contributed by atoms with Crippen molar-refractivity contribution >= 4 is 28.6 Å². The molecule has 0 bridgehead atoms. The van der Waals surface area contributed by atoms with Crippen LogP contribution in [0.15, 0.2) is 49.0 Å². The number of anilines is 1. The summed E-state index contributed by atoms with van der Waals surface area (Å²) in [7, 11) is 0. The molecular formula is C21H19F3N4O. The maximum atomic E-state index is 13.1. The number of halogens is 3. The van der Waals surface area contributed by atoms with Gasteiger partial charge in [-0.1, -0.05) is 36.9 Å². The predicted octanol–water partition coefficient (Wildman–Crippen LogP) is 5.22. The minimum atomic E-state index is -4.54. The number of amides is 1. The van der Waals surface area contributed by atoms with Crippen molar-refractivity contribution in [1.29, 1.82) is 0 Å². The van der Waals surface area contributed by atoms with Crippen LogP contribution in [0.1, 0.15) is 43.0 Å². The third-order valence-electron chi connectivity index (χ3n) is 5.07. The molecule has 1 aromatic carbocycles. The van der Waals surface area contributed by atoms with Gasteiger partial charge in [-0.3, -0.25) is 14.7 Å². The number of fused-ring (bicyclic) bond motifs is 1. The second-order valence-corrected chi connectivity index (χ2v) is 7.12. The molecule has 1 aliphatic rings. The van der Waals surface area contributed by atoms with Gasteiger partial charge in [-0.2, -0.15) is 13.2 Å². The van der Waals surface area contributed by atoms with Gasteiger partial charge in [0.2, 0.25) is 11.9 Å². The zero-order valence-corrected chi connectivity index (χ0v) is 15.5. The Balaban J connectivity index is 1.62. The van der Waals surface area contributed by atoms with Crippen LogP contribution in [0, 0.1) is 0 Å². The molecule has 2 heterocycles. The van der Waals surface area contributed by atoms with Crippen LogP contribution in [0.5, 0.6) is 0 Å². The number of alkyl halides is 3. The Morgan fingerprint density at radius 3 is 2.48 bits per heavy atom. The minimum absolute atomic E-state index is 0.0244. The molecule has 2 aromatic heterocycles. The van der Waals surface area contributed by atoms with E-state index in [1.54, 1.807) is 4.57 Å². The molecule has 0 atom stereocenters. The van der Waals surface area contributed by atoms with E-state index in [2.05, 4.69) is 21.9 Å². The van der Waals surface area contributed by atoms with Crippen LogP contribution in [0.25, 0.3) is 16.7 Å². The maximum Gasteiger partial charge on any atom is 0.433 e. The molecule has 1 N–H and O–H groups in total. The highest BCUT2D eigenvalue weighted by Gasteiger charge is 2.34. The number of aromatic nitrogens is 3.